The molecule has 0 bridgehead atoms. The normalized spacial score (nSPS) is 11.6. The summed E-state index contributed by atoms with van der Waals surface area (Å²) in [6.07, 6.45) is 0. The molecule has 122 valence electrons. The molecule has 0 aliphatic rings. The third kappa shape index (κ3) is 3.88. The number of hydrogen-bond donors (Lipinski definition) is 3. The highest BCUT2D eigenvalue weighted by Crippen LogP contribution is 2.26. The first-order chi connectivity index (χ1) is 10.9. The standard InChI is InChI=1S/C16H20N4O3/c1-9(2)12-8-13(19-18-12)16(22)20-17-10(3)11-5-6-14(21)15(7-11)23-4/h5-9,21H,1-4H3,(H,18,19)(H,20,22). The molecular formula is C16H20N4O3. The Kier molecular flexibility index (Phi) is 5.00. The lowest BCUT2D eigenvalue weighted by molar-refractivity contribution is 0.0950. The topological polar surface area (TPSA) is 99.6 Å². The van der Waals surface area contributed by atoms with E-state index in [0.29, 0.717) is 11.5 Å². The van der Waals surface area contributed by atoms with Gasteiger partial charge in [-0.25, -0.2) is 5.43 Å². The monoisotopic (exact) mass is 316 g/mol. The average molecular weight is 316 g/mol. The van der Waals surface area contributed by atoms with Crippen molar-refractivity contribution in [3.05, 3.63) is 41.2 Å². The van der Waals surface area contributed by atoms with Gasteiger partial charge in [-0.15, -0.1) is 0 Å². The Bertz CT molecular complexity index is 735. The molecule has 0 aliphatic carbocycles. The number of amides is 1. The molecule has 7 nitrogen and oxygen atoms in total. The minimum Gasteiger partial charge on any atom is -0.504 e. The van der Waals surface area contributed by atoms with Crippen molar-refractivity contribution in [2.45, 2.75) is 26.7 Å². The van der Waals surface area contributed by atoms with Gasteiger partial charge >= 0.3 is 0 Å². The molecule has 2 rings (SSSR count). The Morgan fingerprint density at radius 1 is 1.39 bits per heavy atom. The number of methoxy groups -OCH3 is 1. The van der Waals surface area contributed by atoms with Crippen LogP contribution in [0.15, 0.2) is 29.4 Å². The third-order valence-electron chi connectivity index (χ3n) is 3.37. The molecule has 1 aromatic carbocycles. The van der Waals surface area contributed by atoms with Crippen molar-refractivity contribution in [3.8, 4) is 11.5 Å². The number of aromatic nitrogens is 2. The molecule has 0 saturated heterocycles. The number of carbonyl (C=O) groups excluding carboxylic acids is 1. The summed E-state index contributed by atoms with van der Waals surface area (Å²) in [6.45, 7) is 5.77. The number of phenols is 1. The summed E-state index contributed by atoms with van der Waals surface area (Å²) in [5, 5.41) is 20.4. The zero-order valence-corrected chi connectivity index (χ0v) is 13.5. The summed E-state index contributed by atoms with van der Waals surface area (Å²) >= 11 is 0. The van der Waals surface area contributed by atoms with Crippen molar-refractivity contribution >= 4 is 11.6 Å². The molecule has 7 heteroatoms. The molecule has 0 unspecified atom stereocenters. The number of carbonyl (C=O) groups is 1. The molecule has 1 aromatic heterocycles. The smallest absolute Gasteiger partial charge is 0.291 e. The molecule has 2 aromatic rings. The van der Waals surface area contributed by atoms with Crippen LogP contribution in [0.3, 0.4) is 0 Å². The Labute approximate surface area is 134 Å². The number of H-pyrrole nitrogens is 1. The van der Waals surface area contributed by atoms with E-state index in [1.165, 1.54) is 13.2 Å². The summed E-state index contributed by atoms with van der Waals surface area (Å²) in [7, 11) is 1.47. The summed E-state index contributed by atoms with van der Waals surface area (Å²) in [4.78, 5) is 12.0. The first kappa shape index (κ1) is 16.5. The van der Waals surface area contributed by atoms with Crippen LogP contribution in [0.1, 0.15) is 48.4 Å². The van der Waals surface area contributed by atoms with Crippen molar-refractivity contribution in [1.29, 1.82) is 0 Å². The van der Waals surface area contributed by atoms with Gasteiger partial charge in [0.1, 0.15) is 0 Å². The van der Waals surface area contributed by atoms with E-state index in [1.807, 2.05) is 13.8 Å². The second-order valence-corrected chi connectivity index (χ2v) is 5.39. The number of benzene rings is 1. The lowest BCUT2D eigenvalue weighted by Crippen LogP contribution is -2.19. The fourth-order valence-electron chi connectivity index (χ4n) is 1.91. The van der Waals surface area contributed by atoms with Crippen molar-refractivity contribution in [2.24, 2.45) is 5.10 Å². The lowest BCUT2D eigenvalue weighted by Gasteiger charge is -2.06. The molecule has 0 radical (unpaired) electrons. The van der Waals surface area contributed by atoms with Gasteiger partial charge < -0.3 is 9.84 Å². The van der Waals surface area contributed by atoms with Crippen LogP contribution in [0.4, 0.5) is 0 Å². The highest BCUT2D eigenvalue weighted by molar-refractivity contribution is 6.00. The molecule has 0 atom stereocenters. The van der Waals surface area contributed by atoms with Crippen molar-refractivity contribution in [2.75, 3.05) is 7.11 Å². The van der Waals surface area contributed by atoms with E-state index in [-0.39, 0.29) is 17.4 Å². The molecule has 23 heavy (non-hydrogen) atoms. The largest absolute Gasteiger partial charge is 0.504 e. The zero-order chi connectivity index (χ0) is 17.0. The van der Waals surface area contributed by atoms with E-state index >= 15 is 0 Å². The SMILES string of the molecule is COc1cc(C(C)=NNC(=O)c2cc(C(C)C)[nH]n2)ccc1O. The number of ether oxygens (including phenoxy) is 1. The van der Waals surface area contributed by atoms with Gasteiger partial charge in [-0.05, 0) is 37.1 Å². The number of hydrazone groups is 1. The Hall–Kier alpha value is -2.83. The van der Waals surface area contributed by atoms with E-state index < -0.39 is 5.91 Å². The van der Waals surface area contributed by atoms with E-state index in [4.69, 9.17) is 4.74 Å². The average Bonchev–Trinajstić information content (AvgIpc) is 3.03. The van der Waals surface area contributed by atoms with Gasteiger partial charge in [0.05, 0.1) is 12.8 Å². The predicted molar refractivity (Wildman–Crippen MR) is 87.0 cm³/mol. The van der Waals surface area contributed by atoms with Crippen LogP contribution in [-0.2, 0) is 0 Å². The summed E-state index contributed by atoms with van der Waals surface area (Å²) in [5.41, 5.74) is 4.95. The molecule has 0 spiro atoms. The quantitative estimate of drug-likeness (QED) is 0.582. The maximum absolute atomic E-state index is 12.0. The number of hydrogen-bond acceptors (Lipinski definition) is 5. The van der Waals surface area contributed by atoms with Gasteiger partial charge in [0, 0.05) is 11.3 Å². The summed E-state index contributed by atoms with van der Waals surface area (Å²) < 4.78 is 5.05. The van der Waals surface area contributed by atoms with Crippen molar-refractivity contribution < 1.29 is 14.6 Å². The van der Waals surface area contributed by atoms with Crippen LogP contribution in [0, 0.1) is 0 Å². The second-order valence-electron chi connectivity index (χ2n) is 5.39. The van der Waals surface area contributed by atoms with E-state index in [9.17, 15) is 9.90 Å². The fraction of sp³-hybridized carbons (Fsp3) is 0.312. The van der Waals surface area contributed by atoms with E-state index in [1.54, 1.807) is 25.1 Å². The van der Waals surface area contributed by atoms with Crippen LogP contribution >= 0.6 is 0 Å². The third-order valence-corrected chi connectivity index (χ3v) is 3.37. The minimum absolute atomic E-state index is 0.0471. The molecule has 0 fully saturated rings. The molecule has 0 aliphatic heterocycles. The Morgan fingerprint density at radius 3 is 2.74 bits per heavy atom. The van der Waals surface area contributed by atoms with Crippen LogP contribution in [-0.4, -0.2) is 34.0 Å². The van der Waals surface area contributed by atoms with E-state index in [2.05, 4.69) is 20.7 Å². The highest BCUT2D eigenvalue weighted by Gasteiger charge is 2.12. The Balaban J connectivity index is 2.10. The number of nitrogens with one attached hydrogen (secondary N) is 2. The van der Waals surface area contributed by atoms with Crippen LogP contribution in [0.25, 0.3) is 0 Å². The number of rotatable bonds is 5. The molecule has 1 amide bonds. The van der Waals surface area contributed by atoms with Crippen LogP contribution < -0.4 is 10.2 Å². The minimum atomic E-state index is -0.391. The maximum Gasteiger partial charge on any atom is 0.291 e. The highest BCUT2D eigenvalue weighted by atomic mass is 16.5. The number of aromatic amines is 1. The number of aromatic hydroxyl groups is 1. The van der Waals surface area contributed by atoms with E-state index in [0.717, 1.165) is 11.3 Å². The lowest BCUT2D eigenvalue weighted by atomic mass is 10.1. The Morgan fingerprint density at radius 2 is 2.13 bits per heavy atom. The van der Waals surface area contributed by atoms with Gasteiger partial charge in [-0.1, -0.05) is 13.8 Å². The maximum atomic E-state index is 12.0. The summed E-state index contributed by atoms with van der Waals surface area (Å²) in [5.74, 6) is 0.264. The van der Waals surface area contributed by atoms with Gasteiger partial charge in [0.25, 0.3) is 5.91 Å². The predicted octanol–water partition coefficient (Wildman–Crippen LogP) is 2.40. The van der Waals surface area contributed by atoms with Gasteiger partial charge in [-0.2, -0.15) is 10.2 Å². The van der Waals surface area contributed by atoms with Crippen molar-refractivity contribution in [1.82, 2.24) is 15.6 Å². The fourth-order valence-corrected chi connectivity index (χ4v) is 1.91. The van der Waals surface area contributed by atoms with Gasteiger partial charge in [0.15, 0.2) is 17.2 Å². The number of phenolic OH excluding ortho intramolecular Hbond substituents is 1. The van der Waals surface area contributed by atoms with Crippen LogP contribution in [0.5, 0.6) is 11.5 Å². The molecule has 0 saturated carbocycles. The number of nitrogens with zero attached hydrogens (tertiary/aromatic N) is 2. The first-order valence-corrected chi connectivity index (χ1v) is 7.19. The molecular weight excluding hydrogens is 296 g/mol. The molecule has 1 heterocycles. The zero-order valence-electron chi connectivity index (χ0n) is 13.5. The van der Waals surface area contributed by atoms with Gasteiger partial charge in [0.2, 0.25) is 0 Å². The van der Waals surface area contributed by atoms with Gasteiger partial charge in [-0.3, -0.25) is 9.89 Å². The molecule has 3 N–H and O–H groups in total. The first-order valence-electron chi connectivity index (χ1n) is 7.19. The second kappa shape index (κ2) is 6.95. The van der Waals surface area contributed by atoms with Crippen molar-refractivity contribution in [3.63, 3.8) is 0 Å². The summed E-state index contributed by atoms with van der Waals surface area (Å²) in [6, 6.07) is 6.55. The van der Waals surface area contributed by atoms with Crippen LogP contribution in [0.2, 0.25) is 0 Å².